The van der Waals surface area contributed by atoms with Crippen molar-refractivity contribution in [1.29, 1.82) is 0 Å². The van der Waals surface area contributed by atoms with Gasteiger partial charge in [0.15, 0.2) is 0 Å². The van der Waals surface area contributed by atoms with Crippen LogP contribution in [0.1, 0.15) is 24.0 Å². The maximum atomic E-state index is 5.87. The Morgan fingerprint density at radius 2 is 1.95 bits per heavy atom. The predicted molar refractivity (Wildman–Crippen MR) is 82.8 cm³/mol. The van der Waals surface area contributed by atoms with Gasteiger partial charge in [-0.3, -0.25) is 0 Å². The molecule has 4 heteroatoms. The van der Waals surface area contributed by atoms with Crippen LogP contribution in [0.2, 0.25) is 0 Å². The molecule has 3 N–H and O–H groups in total. The molecule has 0 saturated carbocycles. The zero-order valence-corrected chi connectivity index (χ0v) is 12.1. The first-order valence-electron chi connectivity index (χ1n) is 7.06. The van der Waals surface area contributed by atoms with Crippen molar-refractivity contribution in [2.24, 2.45) is 5.73 Å². The van der Waals surface area contributed by atoms with Crippen LogP contribution in [0.25, 0.3) is 0 Å². The molecule has 0 fully saturated rings. The summed E-state index contributed by atoms with van der Waals surface area (Å²) >= 11 is 0. The lowest BCUT2D eigenvalue weighted by Gasteiger charge is -2.18. The Hall–Kier alpha value is -1.94. The Bertz CT molecular complexity index is 539. The van der Waals surface area contributed by atoms with Gasteiger partial charge in [0.05, 0.1) is 0 Å². The van der Waals surface area contributed by atoms with Gasteiger partial charge in [-0.25, -0.2) is 9.97 Å². The van der Waals surface area contributed by atoms with Gasteiger partial charge >= 0.3 is 0 Å². The van der Waals surface area contributed by atoms with Crippen molar-refractivity contribution in [2.45, 2.75) is 32.7 Å². The minimum atomic E-state index is 0.177. The SMILES string of the molecule is CCc1cc(NC(CN)Cc2ccccc2)nc(C)n1. The number of benzene rings is 1. The molecule has 0 aliphatic heterocycles. The van der Waals surface area contributed by atoms with Crippen molar-refractivity contribution >= 4 is 5.82 Å². The molecule has 1 heterocycles. The molecule has 0 saturated heterocycles. The first kappa shape index (κ1) is 14.5. The Morgan fingerprint density at radius 3 is 2.60 bits per heavy atom. The molecule has 0 aliphatic carbocycles. The number of rotatable bonds is 6. The second kappa shape index (κ2) is 7.01. The second-order valence-electron chi connectivity index (χ2n) is 4.91. The van der Waals surface area contributed by atoms with Gasteiger partial charge in [0.2, 0.25) is 0 Å². The molecule has 106 valence electrons. The maximum Gasteiger partial charge on any atom is 0.130 e. The minimum absolute atomic E-state index is 0.177. The number of aromatic nitrogens is 2. The predicted octanol–water partition coefficient (Wildman–Crippen LogP) is 2.33. The lowest BCUT2D eigenvalue weighted by molar-refractivity contribution is 0.717. The van der Waals surface area contributed by atoms with Crippen molar-refractivity contribution in [2.75, 3.05) is 11.9 Å². The quantitative estimate of drug-likeness (QED) is 0.845. The van der Waals surface area contributed by atoms with Crippen molar-refractivity contribution in [3.63, 3.8) is 0 Å². The van der Waals surface area contributed by atoms with E-state index in [-0.39, 0.29) is 6.04 Å². The Morgan fingerprint density at radius 1 is 1.20 bits per heavy atom. The summed E-state index contributed by atoms with van der Waals surface area (Å²) < 4.78 is 0. The fraction of sp³-hybridized carbons (Fsp3) is 0.375. The zero-order chi connectivity index (χ0) is 14.4. The molecule has 1 aromatic heterocycles. The summed E-state index contributed by atoms with van der Waals surface area (Å²) in [5.74, 6) is 1.66. The van der Waals surface area contributed by atoms with Gasteiger partial charge in [0, 0.05) is 24.3 Å². The molecule has 0 bridgehead atoms. The van der Waals surface area contributed by atoms with Crippen LogP contribution >= 0.6 is 0 Å². The molecule has 1 atom stereocenters. The molecule has 0 radical (unpaired) electrons. The Kier molecular flexibility index (Phi) is 5.07. The van der Waals surface area contributed by atoms with E-state index in [0.717, 1.165) is 30.2 Å². The van der Waals surface area contributed by atoms with Gasteiger partial charge in [-0.05, 0) is 25.3 Å². The number of aryl methyl sites for hydroxylation is 2. The van der Waals surface area contributed by atoms with Gasteiger partial charge in [0.1, 0.15) is 11.6 Å². The molecule has 2 aromatic rings. The summed E-state index contributed by atoms with van der Waals surface area (Å²) in [5.41, 5.74) is 8.20. The summed E-state index contributed by atoms with van der Waals surface area (Å²) in [6, 6.07) is 12.5. The van der Waals surface area contributed by atoms with Crippen LogP contribution in [0.4, 0.5) is 5.82 Å². The van der Waals surface area contributed by atoms with Crippen LogP contribution in [0.15, 0.2) is 36.4 Å². The van der Waals surface area contributed by atoms with Crippen LogP contribution in [0.5, 0.6) is 0 Å². The fourth-order valence-corrected chi connectivity index (χ4v) is 2.19. The third-order valence-electron chi connectivity index (χ3n) is 3.21. The van der Waals surface area contributed by atoms with Gasteiger partial charge in [-0.1, -0.05) is 37.3 Å². The van der Waals surface area contributed by atoms with Gasteiger partial charge in [0.25, 0.3) is 0 Å². The molecular weight excluding hydrogens is 248 g/mol. The molecule has 4 nitrogen and oxygen atoms in total. The van der Waals surface area contributed by atoms with E-state index in [2.05, 4.69) is 34.3 Å². The summed E-state index contributed by atoms with van der Waals surface area (Å²) in [5, 5.41) is 3.42. The third-order valence-corrected chi connectivity index (χ3v) is 3.21. The number of anilines is 1. The van der Waals surface area contributed by atoms with E-state index in [1.54, 1.807) is 0 Å². The van der Waals surface area contributed by atoms with E-state index >= 15 is 0 Å². The third kappa shape index (κ3) is 4.03. The first-order valence-corrected chi connectivity index (χ1v) is 7.06. The number of nitrogens with two attached hydrogens (primary N) is 1. The van der Waals surface area contributed by atoms with E-state index < -0.39 is 0 Å². The summed E-state index contributed by atoms with van der Waals surface area (Å²) in [6.45, 7) is 4.58. The normalized spacial score (nSPS) is 12.2. The topological polar surface area (TPSA) is 63.8 Å². The molecular formula is C16H22N4. The van der Waals surface area contributed by atoms with Gasteiger partial charge in [-0.15, -0.1) is 0 Å². The molecule has 1 aromatic carbocycles. The average molecular weight is 270 g/mol. The smallest absolute Gasteiger partial charge is 0.130 e. The molecule has 0 aliphatic rings. The zero-order valence-electron chi connectivity index (χ0n) is 12.1. The van der Waals surface area contributed by atoms with Crippen LogP contribution in [0, 0.1) is 6.92 Å². The average Bonchev–Trinajstić information content (AvgIpc) is 2.47. The van der Waals surface area contributed by atoms with Crippen LogP contribution < -0.4 is 11.1 Å². The summed E-state index contributed by atoms with van der Waals surface area (Å²) in [4.78, 5) is 8.82. The lowest BCUT2D eigenvalue weighted by Crippen LogP contribution is -2.31. The molecule has 1 unspecified atom stereocenters. The van der Waals surface area contributed by atoms with Crippen LogP contribution in [-0.2, 0) is 12.8 Å². The van der Waals surface area contributed by atoms with Crippen molar-refractivity contribution < 1.29 is 0 Å². The summed E-state index contributed by atoms with van der Waals surface area (Å²) in [7, 11) is 0. The van der Waals surface area contributed by atoms with Crippen molar-refractivity contribution in [1.82, 2.24) is 9.97 Å². The van der Waals surface area contributed by atoms with Crippen molar-refractivity contribution in [3.05, 3.63) is 53.5 Å². The largest absolute Gasteiger partial charge is 0.366 e. The van der Waals surface area contributed by atoms with E-state index in [9.17, 15) is 0 Å². The fourth-order valence-electron chi connectivity index (χ4n) is 2.19. The number of nitrogens with one attached hydrogen (secondary N) is 1. The van der Waals surface area contributed by atoms with Crippen LogP contribution in [-0.4, -0.2) is 22.6 Å². The Balaban J connectivity index is 2.08. The first-order chi connectivity index (χ1) is 9.71. The number of nitrogens with zero attached hydrogens (tertiary/aromatic N) is 2. The van der Waals surface area contributed by atoms with Gasteiger partial charge < -0.3 is 11.1 Å². The number of hydrogen-bond donors (Lipinski definition) is 2. The highest BCUT2D eigenvalue weighted by atomic mass is 15.1. The van der Waals surface area contributed by atoms with E-state index in [1.165, 1.54) is 5.56 Å². The molecule has 2 rings (SSSR count). The molecule has 20 heavy (non-hydrogen) atoms. The highest BCUT2D eigenvalue weighted by molar-refractivity contribution is 5.38. The Labute approximate surface area is 120 Å². The number of hydrogen-bond acceptors (Lipinski definition) is 4. The van der Waals surface area contributed by atoms with E-state index in [0.29, 0.717) is 6.54 Å². The van der Waals surface area contributed by atoms with Crippen molar-refractivity contribution in [3.8, 4) is 0 Å². The highest BCUT2D eigenvalue weighted by Gasteiger charge is 2.09. The standard InChI is InChI=1S/C16H22N4/c1-3-14-10-16(19-12(2)18-14)20-15(11-17)9-13-7-5-4-6-8-13/h4-8,10,15H,3,9,11,17H2,1-2H3,(H,18,19,20). The lowest BCUT2D eigenvalue weighted by atomic mass is 10.1. The van der Waals surface area contributed by atoms with E-state index in [4.69, 9.17) is 5.73 Å². The van der Waals surface area contributed by atoms with E-state index in [1.807, 2.05) is 31.2 Å². The highest BCUT2D eigenvalue weighted by Crippen LogP contribution is 2.11. The molecule has 0 amide bonds. The monoisotopic (exact) mass is 270 g/mol. The van der Waals surface area contributed by atoms with Crippen LogP contribution in [0.3, 0.4) is 0 Å². The van der Waals surface area contributed by atoms with Gasteiger partial charge in [-0.2, -0.15) is 0 Å². The second-order valence-corrected chi connectivity index (χ2v) is 4.91. The molecule has 0 spiro atoms. The maximum absolute atomic E-state index is 5.87. The minimum Gasteiger partial charge on any atom is -0.366 e. The summed E-state index contributed by atoms with van der Waals surface area (Å²) in [6.07, 6.45) is 1.80.